The SMILES string of the molecule is O=C(Nc1ccc(Cl)cc1Cl)c1cccc(NC2=C(Cl)C(=O)N(C3CCCCC3)C2=O)c1. The van der Waals surface area contributed by atoms with Gasteiger partial charge in [-0.25, -0.2) is 0 Å². The Morgan fingerprint density at radius 1 is 0.938 bits per heavy atom. The van der Waals surface area contributed by atoms with Gasteiger partial charge >= 0.3 is 0 Å². The van der Waals surface area contributed by atoms with Crippen LogP contribution < -0.4 is 10.6 Å². The van der Waals surface area contributed by atoms with E-state index in [1.807, 2.05) is 0 Å². The molecule has 0 radical (unpaired) electrons. The Hall–Kier alpha value is -2.54. The summed E-state index contributed by atoms with van der Waals surface area (Å²) in [5, 5.41) is 6.29. The fourth-order valence-corrected chi connectivity index (χ4v) is 4.64. The van der Waals surface area contributed by atoms with E-state index in [0.717, 1.165) is 32.1 Å². The average Bonchev–Trinajstić information content (AvgIpc) is 2.99. The maximum atomic E-state index is 13.0. The van der Waals surface area contributed by atoms with Crippen LogP contribution >= 0.6 is 34.8 Å². The van der Waals surface area contributed by atoms with Gasteiger partial charge in [-0.3, -0.25) is 19.3 Å². The lowest BCUT2D eigenvalue weighted by Gasteiger charge is -2.29. The molecule has 1 aliphatic carbocycles. The van der Waals surface area contributed by atoms with Crippen LogP contribution in [-0.4, -0.2) is 28.7 Å². The highest BCUT2D eigenvalue weighted by atomic mass is 35.5. The van der Waals surface area contributed by atoms with Crippen molar-refractivity contribution in [3.63, 3.8) is 0 Å². The lowest BCUT2D eigenvalue weighted by molar-refractivity contribution is -0.140. The molecule has 166 valence electrons. The zero-order valence-corrected chi connectivity index (χ0v) is 19.2. The summed E-state index contributed by atoms with van der Waals surface area (Å²) in [6, 6.07) is 11.2. The Morgan fingerprint density at radius 3 is 2.41 bits per heavy atom. The summed E-state index contributed by atoms with van der Waals surface area (Å²) in [5.74, 6) is -1.30. The van der Waals surface area contributed by atoms with Crippen molar-refractivity contribution in [2.24, 2.45) is 0 Å². The van der Waals surface area contributed by atoms with Gasteiger partial charge in [-0.15, -0.1) is 0 Å². The van der Waals surface area contributed by atoms with Crippen LogP contribution in [0.25, 0.3) is 0 Å². The summed E-state index contributed by atoms with van der Waals surface area (Å²) in [6.07, 6.45) is 4.65. The molecule has 3 amide bonds. The predicted molar refractivity (Wildman–Crippen MR) is 126 cm³/mol. The number of carbonyl (C=O) groups excluding carboxylic acids is 3. The molecule has 0 unspecified atom stereocenters. The zero-order valence-electron chi connectivity index (χ0n) is 17.0. The predicted octanol–water partition coefficient (Wildman–Crippen LogP) is 5.81. The monoisotopic (exact) mass is 491 g/mol. The minimum absolute atomic E-state index is 0.0283. The molecule has 0 aromatic heterocycles. The number of nitrogens with one attached hydrogen (secondary N) is 2. The quantitative estimate of drug-likeness (QED) is 0.516. The highest BCUT2D eigenvalue weighted by Gasteiger charge is 2.42. The van der Waals surface area contributed by atoms with Crippen LogP contribution in [0.1, 0.15) is 42.5 Å². The topological polar surface area (TPSA) is 78.5 Å². The highest BCUT2D eigenvalue weighted by Crippen LogP contribution is 2.32. The van der Waals surface area contributed by atoms with Crippen LogP contribution in [0.4, 0.5) is 11.4 Å². The smallest absolute Gasteiger partial charge is 0.279 e. The largest absolute Gasteiger partial charge is 0.350 e. The van der Waals surface area contributed by atoms with Gasteiger partial charge in [0.05, 0.1) is 10.7 Å². The number of halogens is 3. The Kier molecular flexibility index (Phi) is 6.74. The van der Waals surface area contributed by atoms with E-state index in [1.165, 1.54) is 11.0 Å². The third-order valence-corrected chi connectivity index (χ3v) is 6.47. The van der Waals surface area contributed by atoms with Crippen LogP contribution in [-0.2, 0) is 9.59 Å². The van der Waals surface area contributed by atoms with E-state index in [-0.39, 0.29) is 16.8 Å². The average molecular weight is 493 g/mol. The molecule has 32 heavy (non-hydrogen) atoms. The molecule has 0 spiro atoms. The van der Waals surface area contributed by atoms with E-state index < -0.39 is 17.7 Å². The molecule has 2 aromatic carbocycles. The molecule has 0 saturated heterocycles. The number of benzene rings is 2. The summed E-state index contributed by atoms with van der Waals surface area (Å²) < 4.78 is 0. The van der Waals surface area contributed by atoms with Gasteiger partial charge < -0.3 is 10.6 Å². The minimum Gasteiger partial charge on any atom is -0.350 e. The third-order valence-electron chi connectivity index (χ3n) is 5.57. The number of nitrogens with zero attached hydrogens (tertiary/aromatic N) is 1. The van der Waals surface area contributed by atoms with E-state index in [4.69, 9.17) is 34.8 Å². The second-order valence-corrected chi connectivity index (χ2v) is 8.97. The molecular formula is C23H20Cl3N3O3. The summed E-state index contributed by atoms with van der Waals surface area (Å²) in [7, 11) is 0. The first-order valence-electron chi connectivity index (χ1n) is 10.3. The van der Waals surface area contributed by atoms with Crippen LogP contribution in [0, 0.1) is 0 Å². The highest BCUT2D eigenvalue weighted by molar-refractivity contribution is 6.48. The van der Waals surface area contributed by atoms with Crippen molar-refractivity contribution in [3.05, 3.63) is 68.8 Å². The van der Waals surface area contributed by atoms with Crippen molar-refractivity contribution in [1.82, 2.24) is 4.90 Å². The van der Waals surface area contributed by atoms with E-state index in [1.54, 1.807) is 36.4 Å². The molecule has 0 atom stereocenters. The first-order valence-corrected chi connectivity index (χ1v) is 11.4. The fraction of sp³-hybridized carbons (Fsp3) is 0.261. The number of hydrogen-bond acceptors (Lipinski definition) is 4. The molecule has 6 nitrogen and oxygen atoms in total. The Labute approximate surface area is 200 Å². The summed E-state index contributed by atoms with van der Waals surface area (Å²) in [5.41, 5.74) is 1.24. The zero-order chi connectivity index (χ0) is 22.8. The van der Waals surface area contributed by atoms with Crippen molar-refractivity contribution in [3.8, 4) is 0 Å². The number of hydrogen-bond donors (Lipinski definition) is 2. The minimum atomic E-state index is -0.475. The van der Waals surface area contributed by atoms with Crippen LogP contribution in [0.2, 0.25) is 10.0 Å². The van der Waals surface area contributed by atoms with Gasteiger partial charge in [-0.1, -0.05) is 60.1 Å². The van der Waals surface area contributed by atoms with Gasteiger partial charge in [0.15, 0.2) is 0 Å². The van der Waals surface area contributed by atoms with Crippen LogP contribution in [0.3, 0.4) is 0 Å². The molecule has 2 aromatic rings. The van der Waals surface area contributed by atoms with Crippen molar-refractivity contribution in [2.75, 3.05) is 10.6 Å². The Balaban J connectivity index is 1.50. The standard InChI is InChI=1S/C23H20Cl3N3O3/c24-14-9-10-18(17(25)12-14)28-21(30)13-5-4-6-15(11-13)27-20-19(26)22(31)29(23(20)32)16-7-2-1-3-8-16/h4-6,9-12,16,27H,1-3,7-8H2,(H,28,30). The van der Waals surface area contributed by atoms with Gasteiger partial charge in [-0.05, 0) is 49.2 Å². The molecular weight excluding hydrogens is 473 g/mol. The van der Waals surface area contributed by atoms with Crippen molar-refractivity contribution in [1.29, 1.82) is 0 Å². The van der Waals surface area contributed by atoms with Crippen molar-refractivity contribution < 1.29 is 14.4 Å². The first-order chi connectivity index (χ1) is 15.3. The van der Waals surface area contributed by atoms with Gasteiger partial charge in [0.1, 0.15) is 10.7 Å². The first kappa shape index (κ1) is 22.6. The molecule has 1 aliphatic heterocycles. The van der Waals surface area contributed by atoms with E-state index in [0.29, 0.717) is 27.0 Å². The Morgan fingerprint density at radius 2 is 1.69 bits per heavy atom. The lowest BCUT2D eigenvalue weighted by Crippen LogP contribution is -2.42. The number of imide groups is 1. The number of rotatable bonds is 5. The second-order valence-electron chi connectivity index (χ2n) is 7.75. The lowest BCUT2D eigenvalue weighted by atomic mass is 9.94. The molecule has 1 saturated carbocycles. The summed E-state index contributed by atoms with van der Waals surface area (Å²) in [4.78, 5) is 39.5. The summed E-state index contributed by atoms with van der Waals surface area (Å²) in [6.45, 7) is 0. The number of amides is 3. The molecule has 2 N–H and O–H groups in total. The number of anilines is 2. The maximum absolute atomic E-state index is 13.0. The van der Waals surface area contributed by atoms with E-state index in [9.17, 15) is 14.4 Å². The van der Waals surface area contributed by atoms with E-state index in [2.05, 4.69) is 10.6 Å². The van der Waals surface area contributed by atoms with Gasteiger partial charge in [0.25, 0.3) is 17.7 Å². The molecule has 4 rings (SSSR count). The Bertz CT molecular complexity index is 1130. The summed E-state index contributed by atoms with van der Waals surface area (Å²) >= 11 is 18.2. The molecule has 1 heterocycles. The molecule has 0 bridgehead atoms. The van der Waals surface area contributed by atoms with E-state index >= 15 is 0 Å². The van der Waals surface area contributed by atoms with Crippen LogP contribution in [0.5, 0.6) is 0 Å². The molecule has 1 fully saturated rings. The molecule has 2 aliphatic rings. The number of carbonyl (C=O) groups is 3. The third kappa shape index (κ3) is 4.63. The van der Waals surface area contributed by atoms with Crippen molar-refractivity contribution >= 4 is 63.9 Å². The maximum Gasteiger partial charge on any atom is 0.279 e. The fourth-order valence-electron chi connectivity index (χ4n) is 3.97. The molecule has 9 heteroatoms. The van der Waals surface area contributed by atoms with Gasteiger partial charge in [0, 0.05) is 22.3 Å². The van der Waals surface area contributed by atoms with Crippen LogP contribution in [0.15, 0.2) is 53.2 Å². The van der Waals surface area contributed by atoms with Crippen molar-refractivity contribution in [2.45, 2.75) is 38.1 Å². The van der Waals surface area contributed by atoms with Gasteiger partial charge in [0.2, 0.25) is 0 Å². The van der Waals surface area contributed by atoms with Gasteiger partial charge in [-0.2, -0.15) is 0 Å². The second kappa shape index (κ2) is 9.53. The normalized spacial score (nSPS) is 17.2.